The van der Waals surface area contributed by atoms with Crippen molar-refractivity contribution in [2.45, 2.75) is 19.0 Å². The highest BCUT2D eigenvalue weighted by Gasteiger charge is 2.30. The van der Waals surface area contributed by atoms with Crippen LogP contribution in [-0.4, -0.2) is 32.4 Å². The van der Waals surface area contributed by atoms with Crippen molar-refractivity contribution in [2.75, 3.05) is 6.54 Å². The van der Waals surface area contributed by atoms with Gasteiger partial charge in [0.2, 0.25) is 0 Å². The van der Waals surface area contributed by atoms with Crippen LogP contribution in [0.25, 0.3) is 5.82 Å². The number of halogens is 3. The monoisotopic (exact) mass is 373 g/mol. The van der Waals surface area contributed by atoms with Gasteiger partial charge in [0.25, 0.3) is 5.91 Å². The molecule has 0 fully saturated rings. The number of benzene rings is 1. The predicted molar refractivity (Wildman–Crippen MR) is 89.4 cm³/mol. The van der Waals surface area contributed by atoms with Crippen molar-refractivity contribution in [3.8, 4) is 5.82 Å². The lowest BCUT2D eigenvalue weighted by Crippen LogP contribution is -2.32. The molecule has 1 aliphatic heterocycles. The largest absolute Gasteiger partial charge is 0.416 e. The minimum atomic E-state index is -4.38. The van der Waals surface area contributed by atoms with Gasteiger partial charge in [0, 0.05) is 19.2 Å². The van der Waals surface area contributed by atoms with Crippen LogP contribution < -0.4 is 5.32 Å². The van der Waals surface area contributed by atoms with Crippen LogP contribution in [0.3, 0.4) is 0 Å². The van der Waals surface area contributed by atoms with Crippen molar-refractivity contribution in [3.63, 3.8) is 0 Å². The van der Waals surface area contributed by atoms with Crippen molar-refractivity contribution in [1.29, 1.82) is 0 Å². The molecule has 0 saturated carbocycles. The number of alkyl halides is 3. The van der Waals surface area contributed by atoms with Crippen molar-refractivity contribution in [1.82, 2.24) is 25.3 Å². The highest BCUT2D eigenvalue weighted by molar-refractivity contribution is 5.94. The van der Waals surface area contributed by atoms with Crippen LogP contribution in [0.1, 0.15) is 32.9 Å². The van der Waals surface area contributed by atoms with Crippen molar-refractivity contribution in [3.05, 3.63) is 70.7 Å². The number of hydrogen-bond acceptors (Lipinski definition) is 4. The normalized spacial score (nSPS) is 14.0. The van der Waals surface area contributed by atoms with Gasteiger partial charge in [-0.1, -0.05) is 23.4 Å². The molecule has 0 aliphatic carbocycles. The van der Waals surface area contributed by atoms with Gasteiger partial charge in [-0.25, -0.2) is 4.98 Å². The molecule has 27 heavy (non-hydrogen) atoms. The molecule has 138 valence electrons. The van der Waals surface area contributed by atoms with Crippen LogP contribution >= 0.6 is 0 Å². The van der Waals surface area contributed by atoms with Crippen LogP contribution in [0, 0.1) is 0 Å². The number of rotatable bonds is 3. The Labute approximate surface area is 152 Å². The summed E-state index contributed by atoms with van der Waals surface area (Å²) in [4.78, 5) is 16.1. The van der Waals surface area contributed by atoms with E-state index in [1.165, 1.54) is 10.7 Å². The Hall–Kier alpha value is -3.23. The number of pyridine rings is 1. The van der Waals surface area contributed by atoms with Crippen LogP contribution in [0.15, 0.2) is 42.6 Å². The number of aromatic nitrogens is 4. The molecule has 0 bridgehead atoms. The zero-order valence-electron chi connectivity index (χ0n) is 14.0. The van der Waals surface area contributed by atoms with E-state index in [4.69, 9.17) is 0 Å². The Kier molecular flexibility index (Phi) is 4.14. The van der Waals surface area contributed by atoms with Crippen molar-refractivity contribution < 1.29 is 18.0 Å². The first-order chi connectivity index (χ1) is 12.9. The molecule has 4 rings (SSSR count). The molecule has 6 nitrogen and oxygen atoms in total. The third-order valence-electron chi connectivity index (χ3n) is 4.32. The molecule has 1 amide bonds. The summed E-state index contributed by atoms with van der Waals surface area (Å²) in [6.07, 6.45) is -1.92. The lowest BCUT2D eigenvalue weighted by molar-refractivity contribution is -0.137. The summed E-state index contributed by atoms with van der Waals surface area (Å²) in [5, 5.41) is 10.6. The van der Waals surface area contributed by atoms with E-state index < -0.39 is 11.7 Å². The summed E-state index contributed by atoms with van der Waals surface area (Å²) in [6, 6.07) is 8.71. The lowest BCUT2D eigenvalue weighted by Gasteiger charge is -2.13. The number of hydrogen-bond donors (Lipinski definition) is 1. The molecular weight excluding hydrogens is 359 g/mol. The van der Waals surface area contributed by atoms with Gasteiger partial charge >= 0.3 is 6.18 Å². The minimum Gasteiger partial charge on any atom is -0.350 e. The van der Waals surface area contributed by atoms with Gasteiger partial charge in [0.05, 0.1) is 11.3 Å². The fourth-order valence-electron chi connectivity index (χ4n) is 3.04. The average molecular weight is 373 g/mol. The molecule has 0 atom stereocenters. The number of carbonyl (C=O) groups excluding carboxylic acids is 1. The molecule has 1 aliphatic rings. The highest BCUT2D eigenvalue weighted by atomic mass is 19.4. The summed E-state index contributed by atoms with van der Waals surface area (Å²) in [5.41, 5.74) is 1.59. The van der Waals surface area contributed by atoms with Gasteiger partial charge in [0.15, 0.2) is 11.5 Å². The molecule has 0 saturated heterocycles. The van der Waals surface area contributed by atoms with Crippen LogP contribution in [0.2, 0.25) is 0 Å². The molecule has 0 spiro atoms. The summed E-state index contributed by atoms with van der Waals surface area (Å²) < 4.78 is 40.2. The number of carbonyl (C=O) groups is 1. The number of amides is 1. The molecule has 1 N–H and O–H groups in total. The van der Waals surface area contributed by atoms with Gasteiger partial charge < -0.3 is 5.32 Å². The summed E-state index contributed by atoms with van der Waals surface area (Å²) in [7, 11) is 0. The first-order valence-electron chi connectivity index (χ1n) is 8.26. The molecule has 3 heterocycles. The second-order valence-electron chi connectivity index (χ2n) is 6.20. The fourth-order valence-corrected chi connectivity index (χ4v) is 3.04. The topological polar surface area (TPSA) is 72.7 Å². The van der Waals surface area contributed by atoms with E-state index in [-0.39, 0.29) is 11.6 Å². The van der Waals surface area contributed by atoms with Crippen LogP contribution in [0.4, 0.5) is 13.2 Å². The maximum absolute atomic E-state index is 12.9. The maximum Gasteiger partial charge on any atom is 0.416 e. The second kappa shape index (κ2) is 6.49. The summed E-state index contributed by atoms with van der Waals surface area (Å²) >= 11 is 0. The molecule has 0 radical (unpaired) electrons. The molecule has 0 unspecified atom stereocenters. The number of nitrogens with zero attached hydrogens (tertiary/aromatic N) is 4. The van der Waals surface area contributed by atoms with Gasteiger partial charge in [0.1, 0.15) is 0 Å². The Morgan fingerprint density at radius 1 is 1.15 bits per heavy atom. The third kappa shape index (κ3) is 3.40. The Morgan fingerprint density at radius 2 is 1.96 bits per heavy atom. The van der Waals surface area contributed by atoms with E-state index in [2.05, 4.69) is 20.6 Å². The quantitative estimate of drug-likeness (QED) is 0.766. The van der Waals surface area contributed by atoms with E-state index in [0.29, 0.717) is 36.5 Å². The first kappa shape index (κ1) is 17.2. The zero-order valence-corrected chi connectivity index (χ0v) is 14.0. The van der Waals surface area contributed by atoms with Gasteiger partial charge in [-0.3, -0.25) is 4.79 Å². The Morgan fingerprint density at radius 3 is 2.78 bits per heavy atom. The zero-order chi connectivity index (χ0) is 19.0. The van der Waals surface area contributed by atoms with Gasteiger partial charge in [-0.15, -0.1) is 5.10 Å². The van der Waals surface area contributed by atoms with Crippen LogP contribution in [-0.2, 0) is 19.0 Å². The van der Waals surface area contributed by atoms with E-state index in [1.807, 2.05) is 0 Å². The first-order valence-corrected chi connectivity index (χ1v) is 8.26. The molecule has 1 aromatic carbocycles. The summed E-state index contributed by atoms with van der Waals surface area (Å²) in [5.74, 6) is 0.200. The van der Waals surface area contributed by atoms with E-state index in [0.717, 1.165) is 17.7 Å². The molecule has 2 aromatic heterocycles. The fraction of sp³-hybridized carbons (Fsp3) is 0.222. The van der Waals surface area contributed by atoms with E-state index in [1.54, 1.807) is 24.4 Å². The smallest absolute Gasteiger partial charge is 0.350 e. The van der Waals surface area contributed by atoms with Crippen molar-refractivity contribution in [2.24, 2.45) is 0 Å². The van der Waals surface area contributed by atoms with Crippen LogP contribution in [0.5, 0.6) is 0 Å². The third-order valence-corrected chi connectivity index (χ3v) is 4.32. The predicted octanol–water partition coefficient (Wildman–Crippen LogP) is 2.56. The number of nitrogens with one attached hydrogen (secondary N) is 1. The standard InChI is InChI=1S/C18H14F3N5O/c19-18(20,21)13-3-1-2-11(9-13)8-12-4-6-22-15(10-12)26-14-5-7-23-17(27)16(14)24-25-26/h1-4,6,9-10H,5,7-8H2,(H,23,27). The SMILES string of the molecule is O=C1NCCc2c1nnn2-c1cc(Cc2cccc(C(F)(F)F)c2)ccn1. The van der Waals surface area contributed by atoms with E-state index in [9.17, 15) is 18.0 Å². The molecule has 9 heteroatoms. The van der Waals surface area contributed by atoms with E-state index >= 15 is 0 Å². The summed E-state index contributed by atoms with van der Waals surface area (Å²) in [6.45, 7) is 0.489. The highest BCUT2D eigenvalue weighted by Crippen LogP contribution is 2.30. The number of fused-ring (bicyclic) bond motifs is 1. The molecular formula is C18H14F3N5O. The Balaban J connectivity index is 1.64. The molecule has 3 aromatic rings. The minimum absolute atomic E-state index is 0.270. The van der Waals surface area contributed by atoms with Gasteiger partial charge in [-0.2, -0.15) is 17.9 Å². The van der Waals surface area contributed by atoms with Crippen molar-refractivity contribution >= 4 is 5.91 Å². The Bertz CT molecular complexity index is 1010. The lowest BCUT2D eigenvalue weighted by atomic mass is 10.0. The average Bonchev–Trinajstić information content (AvgIpc) is 3.07. The second-order valence-corrected chi connectivity index (χ2v) is 6.20. The van der Waals surface area contributed by atoms with Gasteiger partial charge in [-0.05, 0) is 35.7 Å². The maximum atomic E-state index is 12.9.